The Kier molecular flexibility index (Phi) is 4.68. The van der Waals surface area contributed by atoms with E-state index in [9.17, 15) is 9.59 Å². The molecule has 0 N–H and O–H groups in total. The number of amides is 2. The van der Waals surface area contributed by atoms with Crippen molar-refractivity contribution in [2.45, 2.75) is 13.3 Å². The van der Waals surface area contributed by atoms with Gasteiger partial charge in [0.25, 0.3) is 0 Å². The van der Waals surface area contributed by atoms with E-state index < -0.39 is 0 Å². The van der Waals surface area contributed by atoms with Crippen molar-refractivity contribution in [3.8, 4) is 5.75 Å². The van der Waals surface area contributed by atoms with Crippen LogP contribution in [-0.2, 0) is 9.59 Å². The molecule has 1 unspecified atom stereocenters. The number of ether oxygens (including phenoxy) is 1. The number of nitrogens with zero attached hydrogens (tertiary/aromatic N) is 1. The molecule has 164 valence electrons. The Hall–Kier alpha value is -3.66. The minimum atomic E-state index is -0.320. The second kappa shape index (κ2) is 7.73. The smallest absolute Gasteiger partial charge is 0.238 e. The predicted molar refractivity (Wildman–Crippen MR) is 128 cm³/mol. The van der Waals surface area contributed by atoms with Crippen LogP contribution in [0.25, 0.3) is 11.1 Å². The summed E-state index contributed by atoms with van der Waals surface area (Å²) in [7, 11) is 0. The van der Waals surface area contributed by atoms with E-state index in [1.54, 1.807) is 0 Å². The Bertz CT molecular complexity index is 1190. The van der Waals surface area contributed by atoms with Crippen LogP contribution in [0.4, 0.5) is 5.69 Å². The van der Waals surface area contributed by atoms with E-state index in [1.807, 2.05) is 67.6 Å². The lowest BCUT2D eigenvalue weighted by Crippen LogP contribution is -2.33. The van der Waals surface area contributed by atoms with E-state index in [2.05, 4.69) is 24.3 Å². The Morgan fingerprint density at radius 1 is 0.727 bits per heavy atom. The third-order valence-corrected chi connectivity index (χ3v) is 7.38. The number of imide groups is 1. The molecule has 4 heteroatoms. The van der Waals surface area contributed by atoms with E-state index in [1.165, 1.54) is 16.0 Å². The maximum Gasteiger partial charge on any atom is 0.238 e. The number of fused-ring (bicyclic) bond motifs is 5. The molecule has 4 atom stereocenters. The number of benzene rings is 3. The first-order chi connectivity index (χ1) is 16.2. The van der Waals surface area contributed by atoms with Crippen LogP contribution in [0.1, 0.15) is 24.5 Å². The number of carbonyl (C=O) groups excluding carboxylic acids is 2. The van der Waals surface area contributed by atoms with Crippen LogP contribution in [0.15, 0.2) is 84.9 Å². The SMILES string of the molecule is CCOc1ccccc1N1C(=O)C2[C@@H]3C[C@H](C(c4ccccc4)=C3c3ccccc3)[C@H]2C1=O. The minimum absolute atomic E-state index is 0.0401. The zero-order valence-corrected chi connectivity index (χ0v) is 18.5. The molecule has 2 aliphatic carbocycles. The molecule has 6 rings (SSSR count). The van der Waals surface area contributed by atoms with Gasteiger partial charge in [-0.2, -0.15) is 0 Å². The largest absolute Gasteiger partial charge is 0.492 e. The summed E-state index contributed by atoms with van der Waals surface area (Å²) in [6.07, 6.45) is 0.849. The van der Waals surface area contributed by atoms with Crippen LogP contribution in [-0.4, -0.2) is 18.4 Å². The summed E-state index contributed by atoms with van der Waals surface area (Å²) in [5, 5.41) is 0. The van der Waals surface area contributed by atoms with E-state index in [4.69, 9.17) is 4.74 Å². The molecular weight excluding hydrogens is 410 g/mol. The second-order valence-electron chi connectivity index (χ2n) is 8.97. The highest BCUT2D eigenvalue weighted by atomic mass is 16.5. The molecule has 3 aromatic rings. The van der Waals surface area contributed by atoms with Crippen molar-refractivity contribution in [1.82, 2.24) is 0 Å². The summed E-state index contributed by atoms with van der Waals surface area (Å²) in [6, 6.07) is 28.0. The molecule has 3 aromatic carbocycles. The third kappa shape index (κ3) is 2.90. The van der Waals surface area contributed by atoms with Crippen molar-refractivity contribution in [3.63, 3.8) is 0 Å². The molecule has 0 spiro atoms. The summed E-state index contributed by atoms with van der Waals surface area (Å²) in [5.41, 5.74) is 5.32. The Balaban J connectivity index is 1.48. The van der Waals surface area contributed by atoms with Gasteiger partial charge in [0.05, 0.1) is 24.1 Å². The molecule has 4 nitrogen and oxygen atoms in total. The molecule has 0 aromatic heterocycles. The summed E-state index contributed by atoms with van der Waals surface area (Å²) < 4.78 is 5.76. The fraction of sp³-hybridized carbons (Fsp3) is 0.241. The number of carbonyl (C=O) groups is 2. The van der Waals surface area contributed by atoms with Crippen molar-refractivity contribution in [3.05, 3.63) is 96.1 Å². The molecule has 0 radical (unpaired) electrons. The predicted octanol–water partition coefficient (Wildman–Crippen LogP) is 5.45. The average molecular weight is 436 g/mol. The first kappa shape index (κ1) is 20.0. The van der Waals surface area contributed by atoms with Crippen LogP contribution < -0.4 is 9.64 Å². The third-order valence-electron chi connectivity index (χ3n) is 7.38. The molecule has 2 amide bonds. The number of hydrogen-bond donors (Lipinski definition) is 0. The summed E-state index contributed by atoms with van der Waals surface area (Å²) in [4.78, 5) is 29.0. The summed E-state index contributed by atoms with van der Waals surface area (Å²) in [6.45, 7) is 2.38. The van der Waals surface area contributed by atoms with Crippen LogP contribution in [0, 0.1) is 23.7 Å². The molecule has 2 bridgehead atoms. The molecule has 3 aliphatic rings. The lowest BCUT2D eigenvalue weighted by molar-refractivity contribution is -0.123. The van der Waals surface area contributed by atoms with Crippen LogP contribution >= 0.6 is 0 Å². The zero-order valence-electron chi connectivity index (χ0n) is 18.5. The number of hydrogen-bond acceptors (Lipinski definition) is 3. The van der Waals surface area contributed by atoms with Crippen molar-refractivity contribution in [2.24, 2.45) is 23.7 Å². The van der Waals surface area contributed by atoms with E-state index in [-0.39, 0.29) is 35.5 Å². The quantitative estimate of drug-likeness (QED) is 0.501. The first-order valence-electron chi connectivity index (χ1n) is 11.6. The van der Waals surface area contributed by atoms with Gasteiger partial charge in [-0.15, -0.1) is 0 Å². The maximum atomic E-state index is 13.8. The van der Waals surface area contributed by atoms with E-state index in [0.717, 1.165) is 17.5 Å². The standard InChI is InChI=1S/C29H25NO3/c1-2-33-23-16-10-9-15-22(23)30-28(31)26-20-17-21(27(26)29(30)32)25(19-13-7-4-8-14-19)24(20)18-11-5-3-6-12-18/h3-16,20-21,26-27H,2,17H2,1H3/t20-,21-,26-,27?/m1/s1. The Morgan fingerprint density at radius 2 is 1.21 bits per heavy atom. The number of allylic oxidation sites excluding steroid dienone is 2. The minimum Gasteiger partial charge on any atom is -0.492 e. The average Bonchev–Trinajstić information content (AvgIpc) is 3.50. The van der Waals surface area contributed by atoms with Gasteiger partial charge in [-0.05, 0) is 59.6 Å². The molecule has 33 heavy (non-hydrogen) atoms. The summed E-state index contributed by atoms with van der Waals surface area (Å²) >= 11 is 0. The van der Waals surface area contributed by atoms with Crippen molar-refractivity contribution < 1.29 is 14.3 Å². The van der Waals surface area contributed by atoms with Crippen molar-refractivity contribution in [2.75, 3.05) is 11.5 Å². The topological polar surface area (TPSA) is 46.6 Å². The highest BCUT2D eigenvalue weighted by Crippen LogP contribution is 2.64. The Labute approximate surface area is 193 Å². The summed E-state index contributed by atoms with van der Waals surface area (Å²) in [5.74, 6) is -0.166. The highest BCUT2D eigenvalue weighted by molar-refractivity contribution is 6.25. The van der Waals surface area contributed by atoms with Crippen LogP contribution in [0.2, 0.25) is 0 Å². The fourth-order valence-corrected chi connectivity index (χ4v) is 6.25. The number of anilines is 1. The monoisotopic (exact) mass is 435 g/mol. The molecule has 1 heterocycles. The maximum absolute atomic E-state index is 13.8. The van der Waals surface area contributed by atoms with Gasteiger partial charge in [0, 0.05) is 0 Å². The highest BCUT2D eigenvalue weighted by Gasteiger charge is 2.64. The molecular formula is C29H25NO3. The number of rotatable bonds is 5. The van der Waals surface area contributed by atoms with Gasteiger partial charge in [-0.3, -0.25) is 9.59 Å². The van der Waals surface area contributed by atoms with Gasteiger partial charge in [0.1, 0.15) is 5.75 Å². The van der Waals surface area contributed by atoms with E-state index in [0.29, 0.717) is 18.0 Å². The van der Waals surface area contributed by atoms with Crippen molar-refractivity contribution >= 4 is 28.6 Å². The van der Waals surface area contributed by atoms with Gasteiger partial charge >= 0.3 is 0 Å². The molecule has 2 fully saturated rings. The van der Waals surface area contributed by atoms with Gasteiger partial charge in [0.15, 0.2) is 0 Å². The normalized spacial score (nSPS) is 25.7. The van der Waals surface area contributed by atoms with Gasteiger partial charge in [-0.25, -0.2) is 4.90 Å². The fourth-order valence-electron chi connectivity index (χ4n) is 6.25. The molecule has 1 saturated heterocycles. The lowest BCUT2D eigenvalue weighted by atomic mass is 9.73. The van der Waals surface area contributed by atoms with Crippen LogP contribution in [0.5, 0.6) is 5.75 Å². The zero-order chi connectivity index (χ0) is 22.5. The number of para-hydroxylation sites is 2. The Morgan fingerprint density at radius 3 is 1.73 bits per heavy atom. The van der Waals surface area contributed by atoms with Gasteiger partial charge < -0.3 is 4.74 Å². The van der Waals surface area contributed by atoms with Crippen LogP contribution in [0.3, 0.4) is 0 Å². The van der Waals surface area contributed by atoms with Gasteiger partial charge in [-0.1, -0.05) is 72.8 Å². The van der Waals surface area contributed by atoms with Gasteiger partial charge in [0.2, 0.25) is 11.8 Å². The molecule has 1 aliphatic heterocycles. The van der Waals surface area contributed by atoms with Crippen molar-refractivity contribution in [1.29, 1.82) is 0 Å². The van der Waals surface area contributed by atoms with E-state index >= 15 is 0 Å². The molecule has 1 saturated carbocycles. The second-order valence-corrected chi connectivity index (χ2v) is 8.97. The first-order valence-corrected chi connectivity index (χ1v) is 11.6. The lowest BCUT2D eigenvalue weighted by Gasteiger charge is -2.27.